The molecular weight excluding hydrogens is 292 g/mol. The summed E-state index contributed by atoms with van der Waals surface area (Å²) in [7, 11) is 0. The van der Waals surface area contributed by atoms with Gasteiger partial charge < -0.3 is 4.42 Å². The first kappa shape index (κ1) is 13.6. The van der Waals surface area contributed by atoms with Crippen molar-refractivity contribution in [3.8, 4) is 11.5 Å². The average Bonchev–Trinajstić information content (AvgIpc) is 2.86. The molecule has 0 aliphatic rings. The number of fused-ring (bicyclic) bond motifs is 1. The van der Waals surface area contributed by atoms with Gasteiger partial charge in [-0.1, -0.05) is 11.6 Å². The van der Waals surface area contributed by atoms with Gasteiger partial charge in [0.05, 0.1) is 4.92 Å². The van der Waals surface area contributed by atoms with E-state index in [1.165, 1.54) is 12.1 Å². The molecule has 0 amide bonds. The van der Waals surface area contributed by atoms with Crippen LogP contribution in [0.15, 0.2) is 34.7 Å². The molecular formula is C15H11ClN2O3. The number of hydrogen-bond donors (Lipinski definition) is 0. The lowest BCUT2D eigenvalue weighted by molar-refractivity contribution is -0.384. The third kappa shape index (κ3) is 2.36. The van der Waals surface area contributed by atoms with Gasteiger partial charge in [0, 0.05) is 28.3 Å². The second kappa shape index (κ2) is 4.86. The predicted octanol–water partition coefficient (Wildman–Crippen LogP) is 4.67. The highest BCUT2D eigenvalue weighted by Crippen LogP contribution is 2.31. The second-order valence-corrected chi connectivity index (χ2v) is 5.26. The average molecular weight is 303 g/mol. The van der Waals surface area contributed by atoms with Crippen LogP contribution >= 0.6 is 11.6 Å². The highest BCUT2D eigenvalue weighted by atomic mass is 35.5. The summed E-state index contributed by atoms with van der Waals surface area (Å²) in [6.07, 6.45) is 0. The van der Waals surface area contributed by atoms with E-state index < -0.39 is 4.92 Å². The van der Waals surface area contributed by atoms with E-state index in [0.29, 0.717) is 27.6 Å². The Balaban J connectivity index is 2.18. The number of non-ortho nitro benzene ring substituents is 1. The maximum Gasteiger partial charge on any atom is 0.272 e. The minimum atomic E-state index is -0.437. The van der Waals surface area contributed by atoms with Crippen molar-refractivity contribution in [2.24, 2.45) is 0 Å². The molecule has 21 heavy (non-hydrogen) atoms. The first-order valence-corrected chi connectivity index (χ1v) is 6.65. The highest BCUT2D eigenvalue weighted by Gasteiger charge is 2.16. The van der Waals surface area contributed by atoms with E-state index in [0.717, 1.165) is 11.1 Å². The van der Waals surface area contributed by atoms with Crippen molar-refractivity contribution in [1.29, 1.82) is 0 Å². The summed E-state index contributed by atoms with van der Waals surface area (Å²) in [5, 5.41) is 11.6. The molecule has 0 spiro atoms. The fourth-order valence-corrected chi connectivity index (χ4v) is 2.31. The number of nitro groups is 1. The molecule has 3 rings (SSSR count). The van der Waals surface area contributed by atoms with Gasteiger partial charge >= 0.3 is 0 Å². The number of hydrogen-bond acceptors (Lipinski definition) is 4. The summed E-state index contributed by atoms with van der Waals surface area (Å²) in [6.45, 7) is 3.65. The molecule has 0 saturated heterocycles. The Hall–Kier alpha value is -2.40. The van der Waals surface area contributed by atoms with Gasteiger partial charge in [-0.25, -0.2) is 4.98 Å². The van der Waals surface area contributed by atoms with Crippen LogP contribution in [0.5, 0.6) is 0 Å². The fraction of sp³-hybridized carbons (Fsp3) is 0.133. The Morgan fingerprint density at radius 3 is 2.62 bits per heavy atom. The summed E-state index contributed by atoms with van der Waals surface area (Å²) in [6, 6.07) is 8.35. The summed E-state index contributed by atoms with van der Waals surface area (Å²) in [5.41, 5.74) is 3.43. The van der Waals surface area contributed by atoms with Gasteiger partial charge in [0.25, 0.3) is 5.69 Å². The smallest absolute Gasteiger partial charge is 0.272 e. The number of nitrogens with zero attached hydrogens (tertiary/aromatic N) is 2. The van der Waals surface area contributed by atoms with Gasteiger partial charge in [0.2, 0.25) is 5.89 Å². The first-order chi connectivity index (χ1) is 9.95. The largest absolute Gasteiger partial charge is 0.436 e. The summed E-state index contributed by atoms with van der Waals surface area (Å²) >= 11 is 6.00. The number of oxazole rings is 1. The molecule has 6 heteroatoms. The normalized spacial score (nSPS) is 11.0. The van der Waals surface area contributed by atoms with Crippen molar-refractivity contribution < 1.29 is 9.34 Å². The van der Waals surface area contributed by atoms with E-state index >= 15 is 0 Å². The zero-order valence-electron chi connectivity index (χ0n) is 11.4. The molecule has 106 valence electrons. The zero-order valence-corrected chi connectivity index (χ0v) is 12.1. The van der Waals surface area contributed by atoms with Crippen molar-refractivity contribution >= 4 is 28.4 Å². The monoisotopic (exact) mass is 302 g/mol. The lowest BCUT2D eigenvalue weighted by atomic mass is 10.1. The van der Waals surface area contributed by atoms with Crippen molar-refractivity contribution in [3.63, 3.8) is 0 Å². The van der Waals surface area contributed by atoms with E-state index in [4.69, 9.17) is 16.0 Å². The van der Waals surface area contributed by atoms with Gasteiger partial charge in [0.15, 0.2) is 5.58 Å². The summed E-state index contributed by atoms with van der Waals surface area (Å²) in [5.74, 6) is 0.424. The van der Waals surface area contributed by atoms with E-state index in [2.05, 4.69) is 4.98 Å². The quantitative estimate of drug-likeness (QED) is 0.509. The van der Waals surface area contributed by atoms with E-state index in [-0.39, 0.29) is 5.69 Å². The van der Waals surface area contributed by atoms with Gasteiger partial charge in [0.1, 0.15) is 5.52 Å². The van der Waals surface area contributed by atoms with Crippen molar-refractivity contribution in [2.45, 2.75) is 13.8 Å². The predicted molar refractivity (Wildman–Crippen MR) is 80.6 cm³/mol. The lowest BCUT2D eigenvalue weighted by Crippen LogP contribution is -1.88. The van der Waals surface area contributed by atoms with Crippen LogP contribution < -0.4 is 0 Å². The van der Waals surface area contributed by atoms with Gasteiger partial charge in [-0.3, -0.25) is 10.1 Å². The number of aromatic nitrogens is 1. The molecule has 3 aromatic rings. The molecule has 0 radical (unpaired) electrons. The number of rotatable bonds is 2. The van der Waals surface area contributed by atoms with Crippen molar-refractivity contribution in [3.05, 3.63) is 56.6 Å². The molecule has 0 fully saturated rings. The van der Waals surface area contributed by atoms with Crippen LogP contribution in [-0.4, -0.2) is 9.91 Å². The van der Waals surface area contributed by atoms with E-state index in [1.807, 2.05) is 19.1 Å². The molecule has 0 saturated carbocycles. The van der Waals surface area contributed by atoms with Crippen LogP contribution in [0.3, 0.4) is 0 Å². The lowest BCUT2D eigenvalue weighted by Gasteiger charge is -1.99. The molecule has 0 atom stereocenters. The first-order valence-electron chi connectivity index (χ1n) is 6.28. The molecule has 0 aliphatic heterocycles. The Bertz CT molecular complexity index is 871. The minimum absolute atomic E-state index is 0.00661. The molecule has 1 heterocycles. The van der Waals surface area contributed by atoms with Crippen LogP contribution in [0, 0.1) is 24.0 Å². The molecule has 0 aliphatic carbocycles. The number of halogens is 1. The number of benzene rings is 2. The van der Waals surface area contributed by atoms with E-state index in [1.54, 1.807) is 13.0 Å². The van der Waals surface area contributed by atoms with Crippen LogP contribution in [0.25, 0.3) is 22.6 Å². The van der Waals surface area contributed by atoms with E-state index in [9.17, 15) is 10.1 Å². The maximum absolute atomic E-state index is 10.9. The number of aryl methyl sites for hydroxylation is 2. The topological polar surface area (TPSA) is 69.2 Å². The highest BCUT2D eigenvalue weighted by molar-refractivity contribution is 6.31. The third-order valence-electron chi connectivity index (χ3n) is 3.28. The molecule has 1 aromatic heterocycles. The molecule has 0 N–H and O–H groups in total. The Kier molecular flexibility index (Phi) is 3.14. The van der Waals surface area contributed by atoms with Crippen molar-refractivity contribution in [1.82, 2.24) is 4.98 Å². The molecule has 2 aromatic carbocycles. The Morgan fingerprint density at radius 1 is 1.19 bits per heavy atom. The van der Waals surface area contributed by atoms with Crippen LogP contribution in [-0.2, 0) is 0 Å². The number of nitro benzene ring substituents is 1. The molecule has 0 unspecified atom stereocenters. The molecule has 5 nitrogen and oxygen atoms in total. The standard InChI is InChI=1S/C15H11ClN2O3/c1-8-5-10(3-4-12(8)16)15-17-13-7-11(18(19)20)6-9(2)14(13)21-15/h3-7H,1-2H3. The zero-order chi connectivity index (χ0) is 15.1. The second-order valence-electron chi connectivity index (χ2n) is 4.85. The minimum Gasteiger partial charge on any atom is -0.436 e. The fourth-order valence-electron chi connectivity index (χ4n) is 2.19. The van der Waals surface area contributed by atoms with Gasteiger partial charge in [-0.2, -0.15) is 0 Å². The third-order valence-corrected chi connectivity index (χ3v) is 3.70. The van der Waals surface area contributed by atoms with Crippen molar-refractivity contribution in [2.75, 3.05) is 0 Å². The summed E-state index contributed by atoms with van der Waals surface area (Å²) < 4.78 is 5.74. The van der Waals surface area contributed by atoms with Crippen LogP contribution in [0.4, 0.5) is 5.69 Å². The Labute approximate surface area is 125 Å². The van der Waals surface area contributed by atoms with Gasteiger partial charge in [-0.15, -0.1) is 0 Å². The summed E-state index contributed by atoms with van der Waals surface area (Å²) in [4.78, 5) is 14.8. The van der Waals surface area contributed by atoms with Gasteiger partial charge in [-0.05, 0) is 37.6 Å². The maximum atomic E-state index is 10.9. The van der Waals surface area contributed by atoms with Crippen LogP contribution in [0.2, 0.25) is 5.02 Å². The molecule has 0 bridgehead atoms. The SMILES string of the molecule is Cc1cc(-c2nc3cc([N+](=O)[O-])cc(C)c3o2)ccc1Cl. The van der Waals surface area contributed by atoms with Crippen LogP contribution in [0.1, 0.15) is 11.1 Å². The Morgan fingerprint density at radius 2 is 1.95 bits per heavy atom.